The fourth-order valence-corrected chi connectivity index (χ4v) is 3.19. The maximum Gasteiger partial charge on any atom is 0.329 e. The Kier molecular flexibility index (Phi) is 6.06. The van der Waals surface area contributed by atoms with Gasteiger partial charge in [-0.2, -0.15) is 0 Å². The number of nitrogens with zero attached hydrogens (tertiary/aromatic N) is 1. The van der Waals surface area contributed by atoms with E-state index in [2.05, 4.69) is 4.74 Å². The lowest BCUT2D eigenvalue weighted by molar-refractivity contribution is -0.145. The molecule has 1 heterocycles. The van der Waals surface area contributed by atoms with E-state index in [4.69, 9.17) is 9.84 Å². The summed E-state index contributed by atoms with van der Waals surface area (Å²) in [5, 5.41) is 8.77. The number of ether oxygens (including phenoxy) is 2. The molecule has 0 saturated heterocycles. The smallest absolute Gasteiger partial charge is 0.329 e. The summed E-state index contributed by atoms with van der Waals surface area (Å²) in [7, 11) is 1.20. The van der Waals surface area contributed by atoms with Crippen molar-refractivity contribution in [2.75, 3.05) is 26.8 Å². The molecule has 1 aliphatic heterocycles. The van der Waals surface area contributed by atoms with Gasteiger partial charge in [-0.15, -0.1) is 0 Å². The van der Waals surface area contributed by atoms with Crippen LogP contribution in [0.2, 0.25) is 0 Å². The second kappa shape index (κ2) is 8.54. The number of fused-ring (bicyclic) bond motifs is 1. The van der Waals surface area contributed by atoms with Crippen LogP contribution in [0.25, 0.3) is 5.57 Å². The number of aliphatic carboxylic acids is 1. The molecular formula is C20H16F3NO6. The van der Waals surface area contributed by atoms with Gasteiger partial charge in [-0.25, -0.2) is 18.0 Å². The van der Waals surface area contributed by atoms with Crippen molar-refractivity contribution < 1.29 is 42.1 Å². The van der Waals surface area contributed by atoms with Crippen molar-refractivity contribution in [2.45, 2.75) is 6.10 Å². The van der Waals surface area contributed by atoms with E-state index in [9.17, 15) is 27.6 Å². The molecule has 3 rings (SSSR count). The number of halogens is 3. The van der Waals surface area contributed by atoms with Gasteiger partial charge < -0.3 is 19.5 Å². The van der Waals surface area contributed by atoms with Gasteiger partial charge in [0, 0.05) is 23.9 Å². The SMILES string of the molecule is COC(=O)CN1C=C2C=CC(OCC(=O)O)C(=O)C2=C(c2cc(F)c(F)c(F)c2)C1. The monoisotopic (exact) mass is 423 g/mol. The standard InChI is InChI=1S/C20H16F3NO6/c1-29-17(27)8-24-6-10-2-3-15(30-9-16(25)26)20(28)18(10)12(7-24)11-4-13(21)19(23)14(22)5-11/h2-6,15H,7-9H2,1H3,(H,25,26). The van der Waals surface area contributed by atoms with Crippen molar-refractivity contribution >= 4 is 23.3 Å². The number of rotatable bonds is 6. The first kappa shape index (κ1) is 21.3. The highest BCUT2D eigenvalue weighted by Gasteiger charge is 2.34. The number of Topliss-reactive ketones (excluding diaryl/α,β-unsaturated/α-hetero) is 1. The lowest BCUT2D eigenvalue weighted by Crippen LogP contribution is -2.36. The highest BCUT2D eigenvalue weighted by Crippen LogP contribution is 2.35. The van der Waals surface area contributed by atoms with Gasteiger partial charge in [-0.3, -0.25) is 9.59 Å². The Hall–Kier alpha value is -3.40. The molecule has 1 N–H and O–H groups in total. The number of benzene rings is 1. The van der Waals surface area contributed by atoms with Crippen LogP contribution in [-0.4, -0.2) is 60.6 Å². The summed E-state index contributed by atoms with van der Waals surface area (Å²) < 4.78 is 50.8. The number of methoxy groups -OCH3 is 1. The Balaban J connectivity index is 2.09. The predicted molar refractivity (Wildman–Crippen MR) is 96.4 cm³/mol. The summed E-state index contributed by atoms with van der Waals surface area (Å²) in [5.74, 6) is -7.01. The number of carbonyl (C=O) groups excluding carboxylic acids is 2. The maximum absolute atomic E-state index is 13.8. The maximum atomic E-state index is 13.8. The molecule has 0 amide bonds. The number of hydrogen-bond acceptors (Lipinski definition) is 6. The first-order valence-electron chi connectivity index (χ1n) is 8.68. The van der Waals surface area contributed by atoms with Crippen LogP contribution in [0.15, 0.2) is 41.6 Å². The van der Waals surface area contributed by atoms with Gasteiger partial charge in [0.2, 0.25) is 0 Å². The zero-order chi connectivity index (χ0) is 22.0. The second-order valence-electron chi connectivity index (χ2n) is 6.52. The molecule has 1 aliphatic carbocycles. The lowest BCUT2D eigenvalue weighted by atomic mass is 9.84. The molecule has 1 aromatic rings. The molecule has 0 saturated carbocycles. The highest BCUT2D eigenvalue weighted by molar-refractivity contribution is 6.12. The topological polar surface area (TPSA) is 93.1 Å². The van der Waals surface area contributed by atoms with Gasteiger partial charge in [0.1, 0.15) is 19.3 Å². The van der Waals surface area contributed by atoms with E-state index >= 15 is 0 Å². The van der Waals surface area contributed by atoms with E-state index in [0.29, 0.717) is 5.57 Å². The van der Waals surface area contributed by atoms with Crippen LogP contribution >= 0.6 is 0 Å². The summed E-state index contributed by atoms with van der Waals surface area (Å²) >= 11 is 0. The molecular weight excluding hydrogens is 407 g/mol. The molecule has 2 aliphatic rings. The Labute approximate surface area is 168 Å². The molecule has 0 fully saturated rings. The number of carboxylic acids is 1. The van der Waals surface area contributed by atoms with Gasteiger partial charge in [0.15, 0.2) is 23.2 Å². The summed E-state index contributed by atoms with van der Waals surface area (Å²) in [6.45, 7) is -1.04. The number of esters is 1. The molecule has 0 aromatic heterocycles. The molecule has 1 aromatic carbocycles. The summed E-state index contributed by atoms with van der Waals surface area (Å²) in [6, 6.07) is 1.50. The molecule has 1 atom stereocenters. The minimum Gasteiger partial charge on any atom is -0.480 e. The summed E-state index contributed by atoms with van der Waals surface area (Å²) in [4.78, 5) is 36.8. The van der Waals surface area contributed by atoms with Gasteiger partial charge >= 0.3 is 11.9 Å². The normalized spacial score (nSPS) is 18.3. The molecule has 30 heavy (non-hydrogen) atoms. The highest BCUT2D eigenvalue weighted by atomic mass is 19.2. The van der Waals surface area contributed by atoms with Gasteiger partial charge in [0.25, 0.3) is 0 Å². The van der Waals surface area contributed by atoms with E-state index in [-0.39, 0.29) is 29.8 Å². The Morgan fingerprint density at radius 3 is 2.50 bits per heavy atom. The average Bonchev–Trinajstić information content (AvgIpc) is 2.70. The van der Waals surface area contributed by atoms with Crippen LogP contribution in [0.5, 0.6) is 0 Å². The fraction of sp³-hybridized carbons (Fsp3) is 0.250. The van der Waals surface area contributed by atoms with Crippen molar-refractivity contribution in [3.8, 4) is 0 Å². The van der Waals surface area contributed by atoms with Crippen molar-refractivity contribution in [1.29, 1.82) is 0 Å². The van der Waals surface area contributed by atoms with Crippen molar-refractivity contribution in [3.05, 3.63) is 64.6 Å². The predicted octanol–water partition coefficient (Wildman–Crippen LogP) is 1.84. The van der Waals surface area contributed by atoms with Crippen molar-refractivity contribution in [3.63, 3.8) is 0 Å². The molecule has 7 nitrogen and oxygen atoms in total. The second-order valence-corrected chi connectivity index (χ2v) is 6.52. The van der Waals surface area contributed by atoms with Crippen LogP contribution in [0.4, 0.5) is 13.2 Å². The van der Waals surface area contributed by atoms with Crippen LogP contribution in [0, 0.1) is 17.5 Å². The third-order valence-corrected chi connectivity index (χ3v) is 4.51. The quantitative estimate of drug-likeness (QED) is 0.551. The molecule has 158 valence electrons. The third-order valence-electron chi connectivity index (χ3n) is 4.51. The average molecular weight is 423 g/mol. The van der Waals surface area contributed by atoms with E-state index in [1.807, 2.05) is 0 Å². The van der Waals surface area contributed by atoms with E-state index in [0.717, 1.165) is 12.1 Å². The molecule has 1 unspecified atom stereocenters. The first-order chi connectivity index (χ1) is 14.2. The Morgan fingerprint density at radius 1 is 1.23 bits per heavy atom. The largest absolute Gasteiger partial charge is 0.480 e. The zero-order valence-electron chi connectivity index (χ0n) is 15.7. The van der Waals surface area contributed by atoms with E-state index in [1.165, 1.54) is 30.4 Å². The van der Waals surface area contributed by atoms with Gasteiger partial charge in [0.05, 0.1) is 7.11 Å². The van der Waals surface area contributed by atoms with E-state index in [1.54, 1.807) is 0 Å². The Morgan fingerprint density at radius 2 is 1.90 bits per heavy atom. The number of carboxylic acid groups (broad SMARTS) is 1. The number of carbonyl (C=O) groups is 3. The van der Waals surface area contributed by atoms with Crippen molar-refractivity contribution in [1.82, 2.24) is 4.90 Å². The summed E-state index contributed by atoms with van der Waals surface area (Å²) in [6.07, 6.45) is 3.09. The molecule has 0 spiro atoms. The number of ketones is 1. The molecule has 10 heteroatoms. The van der Waals surface area contributed by atoms with E-state index < -0.39 is 47.9 Å². The fourth-order valence-electron chi connectivity index (χ4n) is 3.19. The first-order valence-corrected chi connectivity index (χ1v) is 8.68. The zero-order valence-corrected chi connectivity index (χ0v) is 15.7. The summed E-state index contributed by atoms with van der Waals surface area (Å²) in [5.41, 5.74) is 0.403. The minimum atomic E-state index is -1.65. The van der Waals surface area contributed by atoms with Gasteiger partial charge in [-0.05, 0) is 29.3 Å². The van der Waals surface area contributed by atoms with Crippen LogP contribution in [0.3, 0.4) is 0 Å². The van der Waals surface area contributed by atoms with Crippen LogP contribution < -0.4 is 0 Å². The van der Waals surface area contributed by atoms with Gasteiger partial charge in [-0.1, -0.05) is 6.08 Å². The lowest BCUT2D eigenvalue weighted by Gasteiger charge is -2.32. The van der Waals surface area contributed by atoms with Crippen LogP contribution in [0.1, 0.15) is 5.56 Å². The molecule has 0 radical (unpaired) electrons. The number of allylic oxidation sites excluding steroid dienone is 2. The van der Waals surface area contributed by atoms with Crippen LogP contribution in [-0.2, 0) is 23.9 Å². The minimum absolute atomic E-state index is 0.0411. The number of hydrogen-bond donors (Lipinski definition) is 1. The van der Waals surface area contributed by atoms with Crippen molar-refractivity contribution in [2.24, 2.45) is 0 Å². The molecule has 0 bridgehead atoms. The third kappa shape index (κ3) is 4.28. The Bertz CT molecular complexity index is 991.